The van der Waals surface area contributed by atoms with Crippen LogP contribution in [0, 0.1) is 6.92 Å². The highest BCUT2D eigenvalue weighted by atomic mass is 32.1. The largest absolute Gasteiger partial charge is 0.365 e. The van der Waals surface area contributed by atoms with E-state index in [1.54, 1.807) is 0 Å². The van der Waals surface area contributed by atoms with Crippen LogP contribution in [0.15, 0.2) is 78.9 Å². The van der Waals surface area contributed by atoms with Crippen molar-refractivity contribution in [3.8, 4) is 0 Å². The molecule has 0 spiro atoms. The fourth-order valence-electron chi connectivity index (χ4n) is 3.78. The Labute approximate surface area is 157 Å². The SMILES string of the molecule is Cc1cccc2c3c(sc12)C(c1ccccc1)NC(c1ccccc1)N3. The number of rotatable bonds is 2. The molecule has 3 heteroatoms. The average molecular weight is 356 g/mol. The highest BCUT2D eigenvalue weighted by Gasteiger charge is 2.31. The van der Waals surface area contributed by atoms with Crippen LogP contribution in [-0.2, 0) is 0 Å². The highest BCUT2D eigenvalue weighted by molar-refractivity contribution is 7.20. The number of anilines is 1. The van der Waals surface area contributed by atoms with Gasteiger partial charge < -0.3 is 5.32 Å². The van der Waals surface area contributed by atoms with E-state index in [4.69, 9.17) is 0 Å². The Hall–Kier alpha value is -2.62. The molecular weight excluding hydrogens is 336 g/mol. The van der Waals surface area contributed by atoms with Crippen LogP contribution >= 0.6 is 11.3 Å². The molecule has 3 aromatic carbocycles. The van der Waals surface area contributed by atoms with Crippen molar-refractivity contribution in [2.24, 2.45) is 0 Å². The van der Waals surface area contributed by atoms with Gasteiger partial charge in [-0.25, -0.2) is 0 Å². The van der Waals surface area contributed by atoms with Crippen molar-refractivity contribution >= 4 is 27.1 Å². The third kappa shape index (κ3) is 2.52. The Morgan fingerprint density at radius 2 is 1.46 bits per heavy atom. The summed E-state index contributed by atoms with van der Waals surface area (Å²) in [4.78, 5) is 1.37. The topological polar surface area (TPSA) is 24.1 Å². The molecule has 1 aliphatic heterocycles. The molecule has 0 saturated heterocycles. The highest BCUT2D eigenvalue weighted by Crippen LogP contribution is 2.47. The maximum absolute atomic E-state index is 3.82. The summed E-state index contributed by atoms with van der Waals surface area (Å²) in [6, 6.07) is 28.1. The van der Waals surface area contributed by atoms with E-state index in [0.29, 0.717) is 0 Å². The average Bonchev–Trinajstić information content (AvgIpc) is 3.09. The van der Waals surface area contributed by atoms with Crippen molar-refractivity contribution in [1.29, 1.82) is 0 Å². The molecule has 0 bridgehead atoms. The van der Waals surface area contributed by atoms with Crippen LogP contribution in [0.4, 0.5) is 5.69 Å². The molecule has 2 nitrogen and oxygen atoms in total. The van der Waals surface area contributed by atoms with Crippen molar-refractivity contribution in [3.63, 3.8) is 0 Å². The van der Waals surface area contributed by atoms with Gasteiger partial charge in [-0.05, 0) is 23.6 Å². The number of benzene rings is 3. The van der Waals surface area contributed by atoms with Gasteiger partial charge in [0.15, 0.2) is 0 Å². The molecule has 2 N–H and O–H groups in total. The van der Waals surface area contributed by atoms with Gasteiger partial charge in [0.2, 0.25) is 0 Å². The summed E-state index contributed by atoms with van der Waals surface area (Å²) in [6.45, 7) is 2.20. The fraction of sp³-hybridized carbons (Fsp3) is 0.130. The van der Waals surface area contributed by atoms with Crippen LogP contribution < -0.4 is 10.6 Å². The number of fused-ring (bicyclic) bond motifs is 3. The van der Waals surface area contributed by atoms with Gasteiger partial charge in [0.05, 0.1) is 16.6 Å². The Bertz CT molecular complexity index is 1050. The Balaban J connectivity index is 1.70. The number of nitrogens with one attached hydrogen (secondary N) is 2. The second-order valence-corrected chi connectivity index (χ2v) is 7.84. The van der Waals surface area contributed by atoms with Crippen molar-refractivity contribution < 1.29 is 0 Å². The van der Waals surface area contributed by atoms with E-state index in [-0.39, 0.29) is 12.2 Å². The van der Waals surface area contributed by atoms with Crippen molar-refractivity contribution in [2.75, 3.05) is 5.32 Å². The molecule has 0 saturated carbocycles. The number of hydrogen-bond acceptors (Lipinski definition) is 3. The monoisotopic (exact) mass is 356 g/mol. The maximum Gasteiger partial charge on any atom is 0.104 e. The standard InChI is InChI=1S/C23H20N2S/c1-15-9-8-14-18-20-22(26-21(15)18)19(16-10-4-2-5-11-16)24-23(25-20)17-12-6-3-7-13-17/h2-14,19,23-25H,1H3. The maximum atomic E-state index is 3.82. The van der Waals surface area contributed by atoms with E-state index in [1.165, 1.54) is 37.3 Å². The van der Waals surface area contributed by atoms with Gasteiger partial charge in [0.25, 0.3) is 0 Å². The Kier molecular flexibility index (Phi) is 3.77. The van der Waals surface area contributed by atoms with E-state index in [2.05, 4.69) is 96.4 Å². The van der Waals surface area contributed by atoms with Gasteiger partial charge in [0, 0.05) is 10.1 Å². The molecule has 2 unspecified atom stereocenters. The van der Waals surface area contributed by atoms with Crippen molar-refractivity contribution in [2.45, 2.75) is 19.1 Å². The molecule has 5 rings (SSSR count). The lowest BCUT2D eigenvalue weighted by Crippen LogP contribution is -2.36. The molecular formula is C23H20N2S. The lowest BCUT2D eigenvalue weighted by atomic mass is 9.98. The first kappa shape index (κ1) is 15.6. The molecule has 0 amide bonds. The summed E-state index contributed by atoms with van der Waals surface area (Å²) >= 11 is 1.90. The first-order chi connectivity index (χ1) is 12.8. The predicted octanol–water partition coefficient (Wildman–Crippen LogP) is 6.01. The lowest BCUT2D eigenvalue weighted by molar-refractivity contribution is 0.514. The number of hydrogen-bond donors (Lipinski definition) is 2. The van der Waals surface area contributed by atoms with Gasteiger partial charge in [-0.1, -0.05) is 78.9 Å². The first-order valence-corrected chi connectivity index (χ1v) is 9.77. The van der Waals surface area contributed by atoms with Crippen LogP contribution in [0.5, 0.6) is 0 Å². The van der Waals surface area contributed by atoms with Crippen molar-refractivity contribution in [3.05, 3.63) is 100 Å². The molecule has 1 aromatic heterocycles. The summed E-state index contributed by atoms with van der Waals surface area (Å²) in [6.07, 6.45) is 0.0900. The van der Waals surface area contributed by atoms with Gasteiger partial charge in [-0.15, -0.1) is 11.3 Å². The summed E-state index contributed by atoms with van der Waals surface area (Å²) in [5, 5.41) is 8.91. The number of aryl methyl sites for hydroxylation is 1. The van der Waals surface area contributed by atoms with Crippen LogP contribution in [0.3, 0.4) is 0 Å². The van der Waals surface area contributed by atoms with Crippen LogP contribution in [0.25, 0.3) is 10.1 Å². The number of thiophene rings is 1. The summed E-state index contributed by atoms with van der Waals surface area (Å²) in [5.74, 6) is 0. The minimum absolute atomic E-state index is 0.0900. The first-order valence-electron chi connectivity index (χ1n) is 8.96. The smallest absolute Gasteiger partial charge is 0.104 e. The van der Waals surface area contributed by atoms with E-state index in [0.717, 1.165) is 0 Å². The lowest BCUT2D eigenvalue weighted by Gasteiger charge is -2.33. The van der Waals surface area contributed by atoms with Crippen LogP contribution in [-0.4, -0.2) is 0 Å². The van der Waals surface area contributed by atoms with E-state index in [1.807, 2.05) is 11.3 Å². The van der Waals surface area contributed by atoms with E-state index < -0.39 is 0 Å². The third-order valence-corrected chi connectivity index (χ3v) is 6.50. The van der Waals surface area contributed by atoms with E-state index in [9.17, 15) is 0 Å². The normalized spacial score (nSPS) is 19.1. The summed E-state index contributed by atoms with van der Waals surface area (Å²) in [7, 11) is 0. The molecule has 26 heavy (non-hydrogen) atoms. The summed E-state index contributed by atoms with van der Waals surface area (Å²) in [5.41, 5.74) is 5.17. The zero-order valence-corrected chi connectivity index (χ0v) is 15.4. The Morgan fingerprint density at radius 3 is 2.19 bits per heavy atom. The molecule has 0 aliphatic carbocycles. The molecule has 2 atom stereocenters. The molecule has 4 aromatic rings. The zero-order chi connectivity index (χ0) is 17.5. The van der Waals surface area contributed by atoms with Gasteiger partial charge >= 0.3 is 0 Å². The molecule has 1 aliphatic rings. The molecule has 128 valence electrons. The van der Waals surface area contributed by atoms with Crippen LogP contribution in [0.1, 0.15) is 33.8 Å². The zero-order valence-electron chi connectivity index (χ0n) is 14.6. The van der Waals surface area contributed by atoms with Crippen molar-refractivity contribution in [1.82, 2.24) is 5.32 Å². The van der Waals surface area contributed by atoms with Gasteiger partial charge in [-0.3, -0.25) is 5.32 Å². The molecule has 2 heterocycles. The predicted molar refractivity (Wildman–Crippen MR) is 111 cm³/mol. The third-order valence-electron chi connectivity index (χ3n) is 5.09. The molecule has 0 radical (unpaired) electrons. The summed E-state index contributed by atoms with van der Waals surface area (Å²) < 4.78 is 1.38. The van der Waals surface area contributed by atoms with Crippen LogP contribution in [0.2, 0.25) is 0 Å². The van der Waals surface area contributed by atoms with Gasteiger partial charge in [0.1, 0.15) is 6.17 Å². The quantitative estimate of drug-likeness (QED) is 0.459. The second-order valence-electron chi connectivity index (χ2n) is 6.79. The molecule has 0 fully saturated rings. The van der Waals surface area contributed by atoms with Gasteiger partial charge in [-0.2, -0.15) is 0 Å². The minimum Gasteiger partial charge on any atom is -0.365 e. The minimum atomic E-state index is 0.0900. The van der Waals surface area contributed by atoms with E-state index >= 15 is 0 Å². The fourth-order valence-corrected chi connectivity index (χ4v) is 5.10. The Morgan fingerprint density at radius 1 is 0.769 bits per heavy atom. The second kappa shape index (κ2) is 6.27.